The molecule has 0 bridgehead atoms. The summed E-state index contributed by atoms with van der Waals surface area (Å²) in [6.07, 6.45) is 3.88. The largest absolute Gasteiger partial charge is 0.502 e. The first-order valence-corrected chi connectivity index (χ1v) is 3.53. The Morgan fingerprint density at radius 3 is 2.78 bits per heavy atom. The van der Waals surface area contributed by atoms with Gasteiger partial charge in [-0.3, -0.25) is 0 Å². The van der Waals surface area contributed by atoms with Gasteiger partial charge in [0, 0.05) is 0 Å². The summed E-state index contributed by atoms with van der Waals surface area (Å²) in [5.74, 6) is 0.782. The third kappa shape index (κ3) is 5.41. The molecule has 1 nitrogen and oxygen atoms in total. The smallest absolute Gasteiger partial charge is 0.0875 e. The lowest BCUT2D eigenvalue weighted by atomic mass is 10.1. The maximum Gasteiger partial charge on any atom is 0.0875 e. The summed E-state index contributed by atoms with van der Waals surface area (Å²) in [6.45, 7) is 8.70. The Labute approximate surface area is 57.7 Å². The SMILES string of the molecule is C=COCC[C@@H](C)CC. The van der Waals surface area contributed by atoms with Crippen molar-refractivity contribution in [1.29, 1.82) is 0 Å². The molecule has 0 unspecified atom stereocenters. The third-order valence-electron chi connectivity index (χ3n) is 1.54. The van der Waals surface area contributed by atoms with Crippen LogP contribution in [0.2, 0.25) is 0 Å². The molecule has 0 aromatic heterocycles. The minimum absolute atomic E-state index is 0.782. The normalized spacial score (nSPS) is 12.7. The zero-order chi connectivity index (χ0) is 7.11. The topological polar surface area (TPSA) is 9.23 Å². The average Bonchev–Trinajstić information content (AvgIpc) is 1.89. The maximum absolute atomic E-state index is 4.97. The van der Waals surface area contributed by atoms with Crippen molar-refractivity contribution in [2.24, 2.45) is 5.92 Å². The Morgan fingerprint density at radius 2 is 2.33 bits per heavy atom. The Balaban J connectivity index is 2.96. The first-order chi connectivity index (χ1) is 4.31. The van der Waals surface area contributed by atoms with Crippen LogP contribution in [0, 0.1) is 5.92 Å². The lowest BCUT2D eigenvalue weighted by Crippen LogP contribution is -1.96. The van der Waals surface area contributed by atoms with E-state index >= 15 is 0 Å². The molecule has 1 atom stereocenters. The second-order valence-corrected chi connectivity index (χ2v) is 2.34. The van der Waals surface area contributed by atoms with Crippen molar-refractivity contribution in [3.63, 3.8) is 0 Å². The zero-order valence-electron chi connectivity index (χ0n) is 6.39. The molecule has 0 aromatic rings. The molecule has 0 radical (unpaired) electrons. The van der Waals surface area contributed by atoms with Crippen LogP contribution >= 0.6 is 0 Å². The van der Waals surface area contributed by atoms with Crippen molar-refractivity contribution in [3.05, 3.63) is 12.8 Å². The number of hydrogen-bond donors (Lipinski definition) is 0. The van der Waals surface area contributed by atoms with Crippen molar-refractivity contribution in [2.75, 3.05) is 6.61 Å². The van der Waals surface area contributed by atoms with Gasteiger partial charge in [-0.25, -0.2) is 0 Å². The predicted molar refractivity (Wildman–Crippen MR) is 40.2 cm³/mol. The highest BCUT2D eigenvalue weighted by Gasteiger charge is 1.95. The van der Waals surface area contributed by atoms with Crippen molar-refractivity contribution >= 4 is 0 Å². The minimum atomic E-state index is 0.782. The Morgan fingerprint density at radius 1 is 1.67 bits per heavy atom. The quantitative estimate of drug-likeness (QED) is 0.408. The molecule has 1 heteroatoms. The van der Waals surface area contributed by atoms with Gasteiger partial charge in [-0.1, -0.05) is 26.8 Å². The lowest BCUT2D eigenvalue weighted by Gasteiger charge is -2.05. The Hall–Kier alpha value is -0.460. The van der Waals surface area contributed by atoms with Gasteiger partial charge in [0.15, 0.2) is 0 Å². The van der Waals surface area contributed by atoms with E-state index in [0.717, 1.165) is 18.9 Å². The van der Waals surface area contributed by atoms with E-state index in [1.807, 2.05) is 0 Å². The highest BCUT2D eigenvalue weighted by Crippen LogP contribution is 2.05. The summed E-state index contributed by atoms with van der Waals surface area (Å²) in [5.41, 5.74) is 0. The molecule has 0 spiro atoms. The van der Waals surface area contributed by atoms with E-state index in [1.54, 1.807) is 0 Å². The molecular formula is C8H16O. The molecule has 0 amide bonds. The van der Waals surface area contributed by atoms with Crippen LogP contribution in [0.5, 0.6) is 0 Å². The highest BCUT2D eigenvalue weighted by atomic mass is 16.5. The van der Waals surface area contributed by atoms with Gasteiger partial charge in [0.1, 0.15) is 0 Å². The average molecular weight is 128 g/mol. The van der Waals surface area contributed by atoms with Gasteiger partial charge in [0.05, 0.1) is 12.9 Å². The fraction of sp³-hybridized carbons (Fsp3) is 0.750. The Bertz CT molecular complexity index is 69.0. The van der Waals surface area contributed by atoms with E-state index in [4.69, 9.17) is 4.74 Å². The van der Waals surface area contributed by atoms with Crippen molar-refractivity contribution < 1.29 is 4.74 Å². The van der Waals surface area contributed by atoms with E-state index in [-0.39, 0.29) is 0 Å². The van der Waals surface area contributed by atoms with E-state index in [0.29, 0.717) is 0 Å². The number of ether oxygens (including phenoxy) is 1. The van der Waals surface area contributed by atoms with Gasteiger partial charge in [-0.15, -0.1) is 0 Å². The van der Waals surface area contributed by atoms with Crippen LogP contribution in [0.3, 0.4) is 0 Å². The monoisotopic (exact) mass is 128 g/mol. The van der Waals surface area contributed by atoms with E-state index < -0.39 is 0 Å². The molecular weight excluding hydrogens is 112 g/mol. The molecule has 0 aliphatic rings. The summed E-state index contributed by atoms with van der Waals surface area (Å²) in [7, 11) is 0. The summed E-state index contributed by atoms with van der Waals surface area (Å²) < 4.78 is 4.97. The van der Waals surface area contributed by atoms with Crippen molar-refractivity contribution in [2.45, 2.75) is 26.7 Å². The minimum Gasteiger partial charge on any atom is -0.502 e. The summed E-state index contributed by atoms with van der Waals surface area (Å²) >= 11 is 0. The van der Waals surface area contributed by atoms with Gasteiger partial charge >= 0.3 is 0 Å². The van der Waals surface area contributed by atoms with Crippen LogP contribution in [0.1, 0.15) is 26.7 Å². The van der Waals surface area contributed by atoms with Crippen LogP contribution in [-0.4, -0.2) is 6.61 Å². The molecule has 0 heterocycles. The summed E-state index contributed by atoms with van der Waals surface area (Å²) in [5, 5.41) is 0. The van der Waals surface area contributed by atoms with E-state index in [1.165, 1.54) is 12.7 Å². The third-order valence-corrected chi connectivity index (χ3v) is 1.54. The van der Waals surface area contributed by atoms with Crippen LogP contribution < -0.4 is 0 Å². The predicted octanol–water partition coefficient (Wildman–Crippen LogP) is 2.58. The van der Waals surface area contributed by atoms with Crippen LogP contribution in [0.25, 0.3) is 0 Å². The molecule has 0 rings (SSSR count). The second kappa shape index (κ2) is 5.67. The fourth-order valence-corrected chi connectivity index (χ4v) is 0.557. The molecule has 9 heavy (non-hydrogen) atoms. The molecule has 0 aliphatic heterocycles. The molecule has 0 aliphatic carbocycles. The van der Waals surface area contributed by atoms with Crippen molar-refractivity contribution in [1.82, 2.24) is 0 Å². The highest BCUT2D eigenvalue weighted by molar-refractivity contribution is 4.52. The maximum atomic E-state index is 4.97. The fourth-order valence-electron chi connectivity index (χ4n) is 0.557. The number of rotatable bonds is 5. The Kier molecular flexibility index (Phi) is 5.38. The summed E-state index contributed by atoms with van der Waals surface area (Å²) in [4.78, 5) is 0. The summed E-state index contributed by atoms with van der Waals surface area (Å²) in [6, 6.07) is 0. The standard InChI is InChI=1S/C8H16O/c1-4-8(3)6-7-9-5-2/h5,8H,2,4,6-7H2,1,3H3/t8-/m0/s1. The van der Waals surface area contributed by atoms with Crippen LogP contribution in [-0.2, 0) is 4.74 Å². The number of hydrogen-bond acceptors (Lipinski definition) is 1. The molecule has 0 aromatic carbocycles. The van der Waals surface area contributed by atoms with Crippen LogP contribution in [0.15, 0.2) is 12.8 Å². The molecule has 0 saturated carbocycles. The molecule has 0 fully saturated rings. The molecule has 54 valence electrons. The van der Waals surface area contributed by atoms with Crippen LogP contribution in [0.4, 0.5) is 0 Å². The first-order valence-electron chi connectivity index (χ1n) is 3.53. The van der Waals surface area contributed by atoms with Gasteiger partial charge in [-0.05, 0) is 12.3 Å². The van der Waals surface area contributed by atoms with Crippen molar-refractivity contribution in [3.8, 4) is 0 Å². The molecule has 0 saturated heterocycles. The zero-order valence-corrected chi connectivity index (χ0v) is 6.39. The van der Waals surface area contributed by atoms with E-state index in [2.05, 4.69) is 20.4 Å². The van der Waals surface area contributed by atoms with Gasteiger partial charge in [0.25, 0.3) is 0 Å². The second-order valence-electron chi connectivity index (χ2n) is 2.34. The lowest BCUT2D eigenvalue weighted by molar-refractivity contribution is 0.225. The molecule has 0 N–H and O–H groups in total. The van der Waals surface area contributed by atoms with E-state index in [9.17, 15) is 0 Å². The van der Waals surface area contributed by atoms with Gasteiger partial charge in [0.2, 0.25) is 0 Å². The first kappa shape index (κ1) is 8.54. The van der Waals surface area contributed by atoms with Gasteiger partial charge < -0.3 is 4.74 Å². The van der Waals surface area contributed by atoms with Gasteiger partial charge in [-0.2, -0.15) is 0 Å².